The van der Waals surface area contributed by atoms with Crippen LogP contribution in [0.25, 0.3) is 0 Å². The van der Waals surface area contributed by atoms with Gasteiger partial charge in [0, 0.05) is 31.5 Å². The number of nitrogens with zero attached hydrogens (tertiary/aromatic N) is 1. The molecule has 3 heteroatoms. The van der Waals surface area contributed by atoms with Gasteiger partial charge in [0.15, 0.2) is 0 Å². The van der Waals surface area contributed by atoms with Crippen molar-refractivity contribution in [2.45, 2.75) is 12.8 Å². The molecule has 1 aliphatic heterocycles. The van der Waals surface area contributed by atoms with Crippen LogP contribution in [-0.4, -0.2) is 30.3 Å². The molecule has 1 aromatic heterocycles. The number of rotatable bonds is 1. The summed E-state index contributed by atoms with van der Waals surface area (Å²) in [5.41, 5.74) is 1.23. The lowest BCUT2D eigenvalue weighted by Crippen LogP contribution is -2.09. The molecule has 3 nitrogen and oxygen atoms in total. The molecular formula is C13H22N2O. The van der Waals surface area contributed by atoms with E-state index in [9.17, 15) is 0 Å². The molecule has 1 fully saturated rings. The number of hydrogen-bond acceptors (Lipinski definition) is 3. The second kappa shape index (κ2) is 9.07. The standard InChI is InChI=1S/C10H14N2.C2H4.CH4O/c1-8-6-11-7-9(8)10-4-2-3-5-12-10;2*1-2/h2-5,8-9,11H,6-7H2,1H3;1-2H2;2H,1H3. The van der Waals surface area contributed by atoms with Crippen molar-refractivity contribution in [2.75, 3.05) is 20.2 Å². The Balaban J connectivity index is 0.000000509. The van der Waals surface area contributed by atoms with Crippen molar-refractivity contribution in [3.63, 3.8) is 0 Å². The molecular weight excluding hydrogens is 200 g/mol. The van der Waals surface area contributed by atoms with Gasteiger partial charge in [-0.1, -0.05) is 13.0 Å². The summed E-state index contributed by atoms with van der Waals surface area (Å²) < 4.78 is 0. The number of hydrogen-bond donors (Lipinski definition) is 2. The molecule has 2 heterocycles. The molecule has 0 aromatic carbocycles. The van der Waals surface area contributed by atoms with Crippen LogP contribution >= 0.6 is 0 Å². The van der Waals surface area contributed by atoms with Crippen LogP contribution in [0.3, 0.4) is 0 Å². The molecule has 1 aliphatic rings. The van der Waals surface area contributed by atoms with Crippen molar-refractivity contribution < 1.29 is 5.11 Å². The molecule has 0 bridgehead atoms. The summed E-state index contributed by atoms with van der Waals surface area (Å²) >= 11 is 0. The van der Waals surface area contributed by atoms with Gasteiger partial charge in [-0.05, 0) is 24.6 Å². The third-order valence-corrected chi connectivity index (χ3v) is 2.59. The van der Waals surface area contributed by atoms with Gasteiger partial charge in [-0.15, -0.1) is 13.2 Å². The van der Waals surface area contributed by atoms with E-state index in [4.69, 9.17) is 5.11 Å². The third-order valence-electron chi connectivity index (χ3n) is 2.59. The van der Waals surface area contributed by atoms with Gasteiger partial charge in [-0.2, -0.15) is 0 Å². The van der Waals surface area contributed by atoms with E-state index >= 15 is 0 Å². The Labute approximate surface area is 98.2 Å². The zero-order valence-electron chi connectivity index (χ0n) is 10.2. The first-order valence-corrected chi connectivity index (χ1v) is 5.44. The lowest BCUT2D eigenvalue weighted by molar-refractivity contribution is 0.399. The van der Waals surface area contributed by atoms with E-state index < -0.39 is 0 Å². The lowest BCUT2D eigenvalue weighted by Gasteiger charge is -2.12. The number of aliphatic hydroxyl groups is 1. The Morgan fingerprint density at radius 1 is 1.31 bits per heavy atom. The Hall–Kier alpha value is -1.19. The van der Waals surface area contributed by atoms with Gasteiger partial charge < -0.3 is 10.4 Å². The van der Waals surface area contributed by atoms with Crippen molar-refractivity contribution >= 4 is 0 Å². The second-order valence-electron chi connectivity index (χ2n) is 3.50. The number of aromatic nitrogens is 1. The molecule has 0 amide bonds. The van der Waals surface area contributed by atoms with Gasteiger partial charge in [0.1, 0.15) is 0 Å². The smallest absolute Gasteiger partial charge is 0.0450 e. The monoisotopic (exact) mass is 222 g/mol. The Kier molecular flexibility index (Phi) is 8.39. The molecule has 90 valence electrons. The summed E-state index contributed by atoms with van der Waals surface area (Å²) in [6.45, 7) is 10.5. The molecule has 1 aromatic rings. The molecule has 0 saturated carbocycles. The van der Waals surface area contributed by atoms with Crippen LogP contribution in [0, 0.1) is 5.92 Å². The maximum atomic E-state index is 7.00. The van der Waals surface area contributed by atoms with E-state index in [1.165, 1.54) is 5.69 Å². The predicted octanol–water partition coefficient (Wildman–Crippen LogP) is 1.82. The van der Waals surface area contributed by atoms with Gasteiger partial charge in [-0.25, -0.2) is 0 Å². The normalized spacial score (nSPS) is 22.4. The van der Waals surface area contributed by atoms with E-state index in [-0.39, 0.29) is 0 Å². The van der Waals surface area contributed by atoms with E-state index in [1.54, 1.807) is 0 Å². The van der Waals surface area contributed by atoms with Crippen molar-refractivity contribution in [3.05, 3.63) is 43.2 Å². The molecule has 0 radical (unpaired) electrons. The fourth-order valence-corrected chi connectivity index (χ4v) is 1.80. The number of pyridine rings is 1. The van der Waals surface area contributed by atoms with Crippen LogP contribution in [0.5, 0.6) is 0 Å². The van der Waals surface area contributed by atoms with Crippen LogP contribution in [0.1, 0.15) is 18.5 Å². The fraction of sp³-hybridized carbons (Fsp3) is 0.462. The van der Waals surface area contributed by atoms with Gasteiger partial charge in [-0.3, -0.25) is 4.98 Å². The third kappa shape index (κ3) is 4.13. The largest absolute Gasteiger partial charge is 0.400 e. The zero-order valence-corrected chi connectivity index (χ0v) is 10.2. The van der Waals surface area contributed by atoms with Crippen molar-refractivity contribution in [1.82, 2.24) is 10.3 Å². The second-order valence-corrected chi connectivity index (χ2v) is 3.50. The minimum atomic E-state index is 0.617. The van der Waals surface area contributed by atoms with Gasteiger partial charge in [0.2, 0.25) is 0 Å². The molecule has 2 N–H and O–H groups in total. The fourth-order valence-electron chi connectivity index (χ4n) is 1.80. The predicted molar refractivity (Wildman–Crippen MR) is 68.4 cm³/mol. The first-order chi connectivity index (χ1) is 7.88. The summed E-state index contributed by atoms with van der Waals surface area (Å²) in [6.07, 6.45) is 1.88. The van der Waals surface area contributed by atoms with Crippen LogP contribution < -0.4 is 5.32 Å². The molecule has 2 rings (SSSR count). The topological polar surface area (TPSA) is 45.2 Å². The maximum absolute atomic E-state index is 7.00. The number of nitrogens with one attached hydrogen (secondary N) is 1. The first kappa shape index (κ1) is 14.8. The first-order valence-electron chi connectivity index (χ1n) is 5.44. The molecule has 2 atom stereocenters. The van der Waals surface area contributed by atoms with Crippen LogP contribution in [-0.2, 0) is 0 Å². The van der Waals surface area contributed by atoms with Crippen molar-refractivity contribution in [1.29, 1.82) is 0 Å². The quantitative estimate of drug-likeness (QED) is 0.712. The highest BCUT2D eigenvalue weighted by atomic mass is 16.2. The van der Waals surface area contributed by atoms with Gasteiger partial charge in [0.05, 0.1) is 0 Å². The number of aliphatic hydroxyl groups excluding tert-OH is 1. The Morgan fingerprint density at radius 3 is 2.44 bits per heavy atom. The summed E-state index contributed by atoms with van der Waals surface area (Å²) in [7, 11) is 1.00. The van der Waals surface area contributed by atoms with Gasteiger partial charge >= 0.3 is 0 Å². The zero-order chi connectivity index (χ0) is 12.4. The van der Waals surface area contributed by atoms with E-state index in [1.807, 2.05) is 12.3 Å². The average Bonchev–Trinajstić information content (AvgIpc) is 2.82. The Bertz CT molecular complexity index is 264. The van der Waals surface area contributed by atoms with E-state index in [2.05, 4.69) is 42.5 Å². The summed E-state index contributed by atoms with van der Waals surface area (Å²) in [6, 6.07) is 6.15. The highest BCUT2D eigenvalue weighted by molar-refractivity contribution is 5.12. The lowest BCUT2D eigenvalue weighted by atomic mass is 9.94. The summed E-state index contributed by atoms with van der Waals surface area (Å²) in [4.78, 5) is 4.37. The van der Waals surface area contributed by atoms with Crippen LogP contribution in [0.15, 0.2) is 37.6 Å². The van der Waals surface area contributed by atoms with Gasteiger partial charge in [0.25, 0.3) is 0 Å². The SMILES string of the molecule is C=C.CC1CNCC1c1ccccn1.CO. The minimum Gasteiger partial charge on any atom is -0.400 e. The van der Waals surface area contributed by atoms with Crippen LogP contribution in [0.2, 0.25) is 0 Å². The molecule has 0 spiro atoms. The maximum Gasteiger partial charge on any atom is 0.0450 e. The highest BCUT2D eigenvalue weighted by Gasteiger charge is 2.24. The highest BCUT2D eigenvalue weighted by Crippen LogP contribution is 2.25. The Morgan fingerprint density at radius 2 is 2.00 bits per heavy atom. The average molecular weight is 222 g/mol. The molecule has 16 heavy (non-hydrogen) atoms. The van der Waals surface area contributed by atoms with Crippen molar-refractivity contribution in [3.8, 4) is 0 Å². The van der Waals surface area contributed by atoms with Crippen LogP contribution in [0.4, 0.5) is 0 Å². The van der Waals surface area contributed by atoms with E-state index in [0.29, 0.717) is 5.92 Å². The minimum absolute atomic E-state index is 0.617. The molecule has 0 aliphatic carbocycles. The van der Waals surface area contributed by atoms with E-state index in [0.717, 1.165) is 26.1 Å². The van der Waals surface area contributed by atoms with Crippen molar-refractivity contribution in [2.24, 2.45) is 5.92 Å². The summed E-state index contributed by atoms with van der Waals surface area (Å²) in [5, 5.41) is 10.4. The molecule has 2 unspecified atom stereocenters. The summed E-state index contributed by atoms with van der Waals surface area (Å²) in [5.74, 6) is 1.34. The molecule has 1 saturated heterocycles.